The van der Waals surface area contributed by atoms with E-state index in [1.807, 2.05) is 0 Å². The maximum Gasteiger partial charge on any atom is 0.330 e. The number of esters is 1. The largest absolute Gasteiger partial charge is 0.466 e. The van der Waals surface area contributed by atoms with Crippen LogP contribution in [0.1, 0.15) is 39.0 Å². The van der Waals surface area contributed by atoms with Gasteiger partial charge in [0.15, 0.2) is 0 Å². The van der Waals surface area contributed by atoms with Crippen molar-refractivity contribution >= 4 is 11.8 Å². The summed E-state index contributed by atoms with van der Waals surface area (Å²) < 4.78 is 4.39. The summed E-state index contributed by atoms with van der Waals surface area (Å²) in [6.45, 7) is 2.10. The summed E-state index contributed by atoms with van der Waals surface area (Å²) in [5, 5.41) is 0. The normalized spacial score (nSPS) is 10.4. The van der Waals surface area contributed by atoms with Gasteiger partial charge in [0.05, 0.1) is 7.11 Å². The molecule has 0 spiro atoms. The van der Waals surface area contributed by atoms with Crippen molar-refractivity contribution in [3.63, 3.8) is 0 Å². The molecule has 0 amide bonds. The number of allylic oxidation sites excluding steroid dienone is 1. The third-order valence-electron chi connectivity index (χ3n) is 1.86. The van der Waals surface area contributed by atoms with Gasteiger partial charge in [-0.3, -0.25) is 4.79 Å². The van der Waals surface area contributed by atoms with E-state index in [0.717, 1.165) is 19.3 Å². The molecule has 0 aromatic rings. The number of unbranched alkanes of at least 4 members (excludes halogenated alkanes) is 2. The highest BCUT2D eigenvalue weighted by Gasteiger charge is 1.99. The average molecular weight is 198 g/mol. The van der Waals surface area contributed by atoms with Crippen LogP contribution in [0.2, 0.25) is 0 Å². The van der Waals surface area contributed by atoms with Gasteiger partial charge in [-0.05, 0) is 6.42 Å². The summed E-state index contributed by atoms with van der Waals surface area (Å²) in [4.78, 5) is 21.8. The quantitative estimate of drug-likeness (QED) is 0.358. The summed E-state index contributed by atoms with van der Waals surface area (Å²) in [5.41, 5.74) is 0. The van der Waals surface area contributed by atoms with Gasteiger partial charge in [-0.15, -0.1) is 0 Å². The molecule has 0 aliphatic heterocycles. The molecule has 14 heavy (non-hydrogen) atoms. The van der Waals surface area contributed by atoms with Gasteiger partial charge in [-0.25, -0.2) is 4.79 Å². The van der Waals surface area contributed by atoms with Gasteiger partial charge < -0.3 is 4.74 Å². The molecule has 0 aliphatic rings. The molecule has 0 rings (SSSR count). The molecule has 80 valence electrons. The minimum absolute atomic E-state index is 0.179. The van der Waals surface area contributed by atoms with Crippen molar-refractivity contribution in [1.29, 1.82) is 0 Å². The van der Waals surface area contributed by atoms with Crippen LogP contribution in [0.25, 0.3) is 0 Å². The van der Waals surface area contributed by atoms with E-state index < -0.39 is 5.97 Å². The zero-order valence-corrected chi connectivity index (χ0v) is 8.91. The van der Waals surface area contributed by atoms with Crippen molar-refractivity contribution in [2.24, 2.45) is 0 Å². The van der Waals surface area contributed by atoms with E-state index in [9.17, 15) is 9.59 Å². The van der Waals surface area contributed by atoms with Gasteiger partial charge in [0, 0.05) is 18.9 Å². The molecule has 0 aliphatic carbocycles. The second-order valence-corrected chi connectivity index (χ2v) is 3.13. The third-order valence-corrected chi connectivity index (χ3v) is 1.86. The van der Waals surface area contributed by atoms with Crippen LogP contribution < -0.4 is 0 Å². The molecule has 3 nitrogen and oxygen atoms in total. The van der Waals surface area contributed by atoms with Crippen LogP contribution in [-0.4, -0.2) is 18.9 Å². The molecule has 0 saturated heterocycles. The SMILES string of the molecule is CCCCCC(=O)CC=CC(=O)OC. The fraction of sp³-hybridized carbons (Fsp3) is 0.636. The van der Waals surface area contributed by atoms with Crippen molar-refractivity contribution < 1.29 is 14.3 Å². The lowest BCUT2D eigenvalue weighted by Crippen LogP contribution is -1.97. The molecule has 0 bridgehead atoms. The second-order valence-electron chi connectivity index (χ2n) is 3.13. The van der Waals surface area contributed by atoms with Gasteiger partial charge in [0.1, 0.15) is 5.78 Å². The molecule has 0 aromatic carbocycles. The number of Topliss-reactive ketones (excluding diaryl/α,β-unsaturated/α-hetero) is 1. The average Bonchev–Trinajstić information content (AvgIpc) is 2.18. The van der Waals surface area contributed by atoms with E-state index in [1.54, 1.807) is 6.08 Å². The number of methoxy groups -OCH3 is 1. The number of carbonyl (C=O) groups is 2. The zero-order chi connectivity index (χ0) is 10.8. The Kier molecular flexibility index (Phi) is 7.80. The minimum atomic E-state index is -0.411. The molecule has 0 saturated carbocycles. The molecular formula is C11H18O3. The first-order valence-corrected chi connectivity index (χ1v) is 4.97. The van der Waals surface area contributed by atoms with Crippen molar-refractivity contribution in [1.82, 2.24) is 0 Å². The summed E-state index contributed by atoms with van der Waals surface area (Å²) in [6, 6.07) is 0. The lowest BCUT2D eigenvalue weighted by molar-refractivity contribution is -0.134. The standard InChI is InChI=1S/C11H18O3/c1-3-4-5-7-10(12)8-6-9-11(13)14-2/h6,9H,3-5,7-8H2,1-2H3. The molecule has 0 atom stereocenters. The second kappa shape index (κ2) is 8.48. The van der Waals surface area contributed by atoms with Gasteiger partial charge >= 0.3 is 5.97 Å². The fourth-order valence-corrected chi connectivity index (χ4v) is 1.03. The number of rotatable bonds is 7. The van der Waals surface area contributed by atoms with E-state index in [4.69, 9.17) is 0 Å². The summed E-state index contributed by atoms with van der Waals surface area (Å²) in [6.07, 6.45) is 6.94. The predicted molar refractivity (Wildman–Crippen MR) is 54.9 cm³/mol. The number of ketones is 1. The number of ether oxygens (including phenoxy) is 1. The van der Waals surface area contributed by atoms with Gasteiger partial charge in [0.25, 0.3) is 0 Å². The predicted octanol–water partition coefficient (Wildman–Crippen LogP) is 2.26. The van der Waals surface area contributed by atoms with Crippen molar-refractivity contribution in [3.05, 3.63) is 12.2 Å². The summed E-state index contributed by atoms with van der Waals surface area (Å²) >= 11 is 0. The van der Waals surface area contributed by atoms with Crippen LogP contribution in [0, 0.1) is 0 Å². The van der Waals surface area contributed by atoms with Crippen LogP contribution in [0.15, 0.2) is 12.2 Å². The lowest BCUT2D eigenvalue weighted by atomic mass is 10.1. The van der Waals surface area contributed by atoms with Crippen molar-refractivity contribution in [2.45, 2.75) is 39.0 Å². The molecule has 3 heteroatoms. The van der Waals surface area contributed by atoms with Crippen LogP contribution in [0.3, 0.4) is 0 Å². The molecule has 0 fully saturated rings. The molecule has 0 N–H and O–H groups in total. The Labute approximate surface area is 85.1 Å². The van der Waals surface area contributed by atoms with Crippen LogP contribution in [-0.2, 0) is 14.3 Å². The lowest BCUT2D eigenvalue weighted by Gasteiger charge is -1.95. The topological polar surface area (TPSA) is 43.4 Å². The van der Waals surface area contributed by atoms with Gasteiger partial charge in [-0.2, -0.15) is 0 Å². The summed E-state index contributed by atoms with van der Waals surface area (Å²) in [5.74, 6) is -0.232. The van der Waals surface area contributed by atoms with Crippen LogP contribution in [0.5, 0.6) is 0 Å². The zero-order valence-electron chi connectivity index (χ0n) is 8.91. The highest BCUT2D eigenvalue weighted by Crippen LogP contribution is 2.02. The Morgan fingerprint density at radius 2 is 2.00 bits per heavy atom. The number of hydrogen-bond acceptors (Lipinski definition) is 3. The van der Waals surface area contributed by atoms with E-state index in [-0.39, 0.29) is 5.78 Å². The molecule has 0 radical (unpaired) electrons. The van der Waals surface area contributed by atoms with Crippen LogP contribution in [0.4, 0.5) is 0 Å². The first-order chi connectivity index (χ1) is 6.70. The monoisotopic (exact) mass is 198 g/mol. The number of hydrogen-bond donors (Lipinski definition) is 0. The smallest absolute Gasteiger partial charge is 0.330 e. The van der Waals surface area contributed by atoms with E-state index in [1.165, 1.54) is 13.2 Å². The highest BCUT2D eigenvalue weighted by atomic mass is 16.5. The fourth-order valence-electron chi connectivity index (χ4n) is 1.03. The Morgan fingerprint density at radius 3 is 2.57 bits per heavy atom. The van der Waals surface area contributed by atoms with Crippen molar-refractivity contribution in [3.8, 4) is 0 Å². The molecule has 0 aromatic heterocycles. The van der Waals surface area contributed by atoms with Gasteiger partial charge in [-0.1, -0.05) is 25.8 Å². The first-order valence-electron chi connectivity index (χ1n) is 4.97. The van der Waals surface area contributed by atoms with E-state index in [0.29, 0.717) is 12.8 Å². The molecule has 0 heterocycles. The maximum atomic E-state index is 11.2. The van der Waals surface area contributed by atoms with Crippen molar-refractivity contribution in [2.75, 3.05) is 7.11 Å². The Hall–Kier alpha value is -1.12. The summed E-state index contributed by atoms with van der Waals surface area (Å²) in [7, 11) is 1.32. The van der Waals surface area contributed by atoms with E-state index in [2.05, 4.69) is 11.7 Å². The number of carbonyl (C=O) groups excluding carboxylic acids is 2. The first kappa shape index (κ1) is 12.9. The third kappa shape index (κ3) is 7.53. The molecular weight excluding hydrogens is 180 g/mol. The molecule has 0 unspecified atom stereocenters. The minimum Gasteiger partial charge on any atom is -0.466 e. The van der Waals surface area contributed by atoms with E-state index >= 15 is 0 Å². The Balaban J connectivity index is 3.53. The Morgan fingerprint density at radius 1 is 1.29 bits per heavy atom. The maximum absolute atomic E-state index is 11.2. The highest BCUT2D eigenvalue weighted by molar-refractivity contribution is 5.84. The van der Waals surface area contributed by atoms with Gasteiger partial charge in [0.2, 0.25) is 0 Å². The Bertz CT molecular complexity index is 207. The van der Waals surface area contributed by atoms with Crippen LogP contribution >= 0.6 is 0 Å².